The molecule has 1 unspecified atom stereocenters. The van der Waals surface area contributed by atoms with Crippen molar-refractivity contribution in [2.45, 2.75) is 33.0 Å². The van der Waals surface area contributed by atoms with E-state index in [0.717, 1.165) is 36.0 Å². The smallest absolute Gasteiger partial charge is 0.122 e. The second-order valence-corrected chi connectivity index (χ2v) is 5.67. The van der Waals surface area contributed by atoms with Gasteiger partial charge in [-0.15, -0.1) is 0 Å². The molecule has 2 rings (SSSR count). The van der Waals surface area contributed by atoms with Crippen LogP contribution in [0.25, 0.3) is 0 Å². The standard InChI is InChI=1S/C17H23ClN2O/c1-4-19-11-17-14(9-10-21-17)12-20(3)13(2)15-7-5-6-8-16(15)18/h5-10,13,19H,4,11-12H2,1-3H3. The molecule has 114 valence electrons. The quantitative estimate of drug-likeness (QED) is 0.829. The maximum Gasteiger partial charge on any atom is 0.122 e. The summed E-state index contributed by atoms with van der Waals surface area (Å²) in [4.78, 5) is 2.28. The molecule has 0 aliphatic carbocycles. The molecular weight excluding hydrogens is 284 g/mol. The number of halogens is 1. The number of nitrogens with zero attached hydrogens (tertiary/aromatic N) is 1. The zero-order valence-electron chi connectivity index (χ0n) is 12.9. The van der Waals surface area contributed by atoms with Crippen LogP contribution < -0.4 is 5.32 Å². The maximum atomic E-state index is 6.29. The highest BCUT2D eigenvalue weighted by atomic mass is 35.5. The Balaban J connectivity index is 2.06. The van der Waals surface area contributed by atoms with E-state index in [2.05, 4.69) is 37.2 Å². The molecule has 0 bridgehead atoms. The second kappa shape index (κ2) is 7.64. The minimum Gasteiger partial charge on any atom is -0.468 e. The van der Waals surface area contributed by atoms with Crippen molar-refractivity contribution in [3.8, 4) is 0 Å². The molecule has 1 aromatic heterocycles. The highest BCUT2D eigenvalue weighted by Gasteiger charge is 2.16. The molecule has 3 nitrogen and oxygen atoms in total. The van der Waals surface area contributed by atoms with Crippen LogP contribution in [-0.2, 0) is 13.1 Å². The van der Waals surface area contributed by atoms with Crippen LogP contribution in [0, 0.1) is 0 Å². The molecule has 1 N–H and O–H groups in total. The van der Waals surface area contributed by atoms with E-state index in [-0.39, 0.29) is 6.04 Å². The van der Waals surface area contributed by atoms with E-state index < -0.39 is 0 Å². The Labute approximate surface area is 131 Å². The van der Waals surface area contributed by atoms with Gasteiger partial charge in [-0.2, -0.15) is 0 Å². The van der Waals surface area contributed by atoms with Gasteiger partial charge in [0.25, 0.3) is 0 Å². The van der Waals surface area contributed by atoms with Crippen LogP contribution in [-0.4, -0.2) is 18.5 Å². The average molecular weight is 307 g/mol. The van der Waals surface area contributed by atoms with Crippen molar-refractivity contribution in [1.29, 1.82) is 0 Å². The summed E-state index contributed by atoms with van der Waals surface area (Å²) in [7, 11) is 2.11. The summed E-state index contributed by atoms with van der Waals surface area (Å²) in [5.41, 5.74) is 2.37. The van der Waals surface area contributed by atoms with Gasteiger partial charge in [0.1, 0.15) is 5.76 Å². The number of rotatable bonds is 7. The van der Waals surface area contributed by atoms with Crippen molar-refractivity contribution in [1.82, 2.24) is 10.2 Å². The predicted octanol–water partition coefficient (Wildman–Crippen LogP) is 4.24. The Morgan fingerprint density at radius 2 is 2.05 bits per heavy atom. The predicted molar refractivity (Wildman–Crippen MR) is 87.4 cm³/mol. The normalized spacial score (nSPS) is 12.8. The molecule has 0 radical (unpaired) electrons. The topological polar surface area (TPSA) is 28.4 Å². The first kappa shape index (κ1) is 16.1. The van der Waals surface area contributed by atoms with Crippen LogP contribution in [0.2, 0.25) is 5.02 Å². The first-order chi connectivity index (χ1) is 10.1. The Kier molecular flexibility index (Phi) is 5.85. The van der Waals surface area contributed by atoms with Crippen molar-refractivity contribution >= 4 is 11.6 Å². The molecule has 0 aliphatic heterocycles. The summed E-state index contributed by atoms with van der Waals surface area (Å²) in [6, 6.07) is 10.3. The molecule has 1 atom stereocenters. The average Bonchev–Trinajstić information content (AvgIpc) is 2.92. The van der Waals surface area contributed by atoms with Crippen molar-refractivity contribution in [2.24, 2.45) is 0 Å². The fourth-order valence-electron chi connectivity index (χ4n) is 2.36. The summed E-state index contributed by atoms with van der Waals surface area (Å²) < 4.78 is 5.56. The minimum absolute atomic E-state index is 0.251. The lowest BCUT2D eigenvalue weighted by Gasteiger charge is -2.25. The monoisotopic (exact) mass is 306 g/mol. The highest BCUT2D eigenvalue weighted by Crippen LogP contribution is 2.27. The van der Waals surface area contributed by atoms with Crippen molar-refractivity contribution in [2.75, 3.05) is 13.6 Å². The lowest BCUT2D eigenvalue weighted by Crippen LogP contribution is -2.23. The van der Waals surface area contributed by atoms with Gasteiger partial charge in [0.15, 0.2) is 0 Å². The summed E-state index contributed by atoms with van der Waals surface area (Å²) in [6.45, 7) is 6.81. The Hall–Kier alpha value is -1.29. The molecule has 0 saturated carbocycles. The molecule has 0 fully saturated rings. The summed E-state index contributed by atoms with van der Waals surface area (Å²) in [6.07, 6.45) is 1.76. The van der Waals surface area contributed by atoms with E-state index in [0.29, 0.717) is 0 Å². The van der Waals surface area contributed by atoms with E-state index in [1.807, 2.05) is 24.3 Å². The number of hydrogen-bond acceptors (Lipinski definition) is 3. The SMILES string of the molecule is CCNCc1occc1CN(C)C(C)c1ccccc1Cl. The lowest BCUT2D eigenvalue weighted by atomic mass is 10.1. The van der Waals surface area contributed by atoms with Gasteiger partial charge in [0, 0.05) is 23.2 Å². The van der Waals surface area contributed by atoms with Gasteiger partial charge in [-0.25, -0.2) is 0 Å². The van der Waals surface area contributed by atoms with Gasteiger partial charge in [-0.1, -0.05) is 36.7 Å². The van der Waals surface area contributed by atoms with Crippen molar-refractivity contribution in [3.63, 3.8) is 0 Å². The van der Waals surface area contributed by atoms with Crippen LogP contribution in [0.15, 0.2) is 41.0 Å². The van der Waals surface area contributed by atoms with E-state index in [1.54, 1.807) is 6.26 Å². The van der Waals surface area contributed by atoms with E-state index >= 15 is 0 Å². The van der Waals surface area contributed by atoms with Gasteiger partial charge in [-0.05, 0) is 38.2 Å². The molecule has 0 saturated heterocycles. The molecular formula is C17H23ClN2O. The zero-order valence-corrected chi connectivity index (χ0v) is 13.7. The molecule has 0 amide bonds. The van der Waals surface area contributed by atoms with Gasteiger partial charge >= 0.3 is 0 Å². The van der Waals surface area contributed by atoms with Crippen molar-refractivity contribution < 1.29 is 4.42 Å². The maximum absolute atomic E-state index is 6.29. The van der Waals surface area contributed by atoms with Gasteiger partial charge in [0.05, 0.1) is 12.8 Å². The molecule has 0 spiro atoms. The van der Waals surface area contributed by atoms with Crippen LogP contribution in [0.4, 0.5) is 0 Å². The fourth-order valence-corrected chi connectivity index (χ4v) is 2.65. The van der Waals surface area contributed by atoms with Crippen LogP contribution in [0.1, 0.15) is 36.8 Å². The van der Waals surface area contributed by atoms with E-state index in [9.17, 15) is 0 Å². The summed E-state index contributed by atoms with van der Waals surface area (Å²) >= 11 is 6.29. The fraction of sp³-hybridized carbons (Fsp3) is 0.412. The number of nitrogens with one attached hydrogen (secondary N) is 1. The first-order valence-electron chi connectivity index (χ1n) is 7.34. The second-order valence-electron chi connectivity index (χ2n) is 5.26. The molecule has 1 heterocycles. The summed E-state index contributed by atoms with van der Waals surface area (Å²) in [5.74, 6) is 1.01. The van der Waals surface area contributed by atoms with E-state index in [4.69, 9.17) is 16.0 Å². The highest BCUT2D eigenvalue weighted by molar-refractivity contribution is 6.31. The minimum atomic E-state index is 0.251. The van der Waals surface area contributed by atoms with Gasteiger partial charge in [-0.3, -0.25) is 4.90 Å². The van der Waals surface area contributed by atoms with Crippen LogP contribution >= 0.6 is 11.6 Å². The molecule has 21 heavy (non-hydrogen) atoms. The third kappa shape index (κ3) is 4.10. The zero-order chi connectivity index (χ0) is 15.2. The first-order valence-corrected chi connectivity index (χ1v) is 7.72. The van der Waals surface area contributed by atoms with E-state index in [1.165, 1.54) is 5.56 Å². The van der Waals surface area contributed by atoms with Crippen LogP contribution in [0.3, 0.4) is 0 Å². The molecule has 2 aromatic rings. The molecule has 1 aromatic carbocycles. The third-order valence-corrected chi connectivity index (χ3v) is 4.15. The number of benzene rings is 1. The Morgan fingerprint density at radius 1 is 1.29 bits per heavy atom. The molecule has 0 aliphatic rings. The number of furan rings is 1. The van der Waals surface area contributed by atoms with Crippen molar-refractivity contribution in [3.05, 3.63) is 58.5 Å². The third-order valence-electron chi connectivity index (χ3n) is 3.81. The lowest BCUT2D eigenvalue weighted by molar-refractivity contribution is 0.251. The number of hydrogen-bond donors (Lipinski definition) is 1. The largest absolute Gasteiger partial charge is 0.468 e. The van der Waals surface area contributed by atoms with Crippen LogP contribution in [0.5, 0.6) is 0 Å². The molecule has 4 heteroatoms. The van der Waals surface area contributed by atoms with Gasteiger partial charge in [0.2, 0.25) is 0 Å². The Bertz CT molecular complexity index is 567. The Morgan fingerprint density at radius 3 is 2.76 bits per heavy atom. The summed E-state index contributed by atoms with van der Waals surface area (Å²) in [5, 5.41) is 4.12. The van der Waals surface area contributed by atoms with Gasteiger partial charge < -0.3 is 9.73 Å².